The van der Waals surface area contributed by atoms with E-state index in [9.17, 15) is 5.26 Å². The molecular weight excluding hydrogens is 646 g/mol. The van der Waals surface area contributed by atoms with Gasteiger partial charge in [0.2, 0.25) is 0 Å². The number of rotatable bonds is 17. The van der Waals surface area contributed by atoms with E-state index >= 15 is 0 Å². The predicted molar refractivity (Wildman–Crippen MR) is 215 cm³/mol. The Morgan fingerprint density at radius 1 is 0.882 bits per heavy atom. The summed E-state index contributed by atoms with van der Waals surface area (Å²) in [7, 11) is 0. The smallest absolute Gasteiger partial charge is 0.101 e. The summed E-state index contributed by atoms with van der Waals surface area (Å²) in [5.74, 6) is 0. The molecule has 0 atom stereocenters. The van der Waals surface area contributed by atoms with Gasteiger partial charge >= 0.3 is 0 Å². The molecule has 0 bridgehead atoms. The van der Waals surface area contributed by atoms with E-state index in [2.05, 4.69) is 104 Å². The monoisotopic (exact) mass is 699 g/mol. The average molecular weight is 700 g/mol. The number of hydrogen-bond donors (Lipinski definition) is 1. The Morgan fingerprint density at radius 2 is 1.57 bits per heavy atom. The maximum absolute atomic E-state index is 9.41. The van der Waals surface area contributed by atoms with Crippen LogP contribution in [0, 0.1) is 25.2 Å². The summed E-state index contributed by atoms with van der Waals surface area (Å²) in [6.45, 7) is 17.8. The second-order valence-electron chi connectivity index (χ2n) is 14.0. The number of hydrogen-bond acceptors (Lipinski definition) is 5. The number of aliphatic imine (C=N–C) groups is 1. The number of aromatic nitrogens is 1. The van der Waals surface area contributed by atoms with Crippen LogP contribution in [0.3, 0.4) is 0 Å². The normalized spacial score (nSPS) is 13.5. The second kappa shape index (κ2) is 19.0. The first-order valence-electron chi connectivity index (χ1n) is 18.8. The van der Waals surface area contributed by atoms with Crippen LogP contribution in [0.2, 0.25) is 5.02 Å². The largest absolute Gasteiger partial charge is 0.307 e. The molecule has 0 unspecified atom stereocenters. The van der Waals surface area contributed by atoms with Gasteiger partial charge < -0.3 is 5.32 Å². The fourth-order valence-electron chi connectivity index (χ4n) is 7.26. The number of nitriles is 1. The molecule has 4 aromatic rings. The van der Waals surface area contributed by atoms with Gasteiger partial charge in [0.1, 0.15) is 6.07 Å². The number of likely N-dealkylation sites (tertiary alicyclic amines) is 1. The Labute approximate surface area is 311 Å². The van der Waals surface area contributed by atoms with Crippen molar-refractivity contribution in [2.45, 2.75) is 98.6 Å². The first-order chi connectivity index (χ1) is 24.8. The molecular formula is C45H54ClN5. The molecule has 266 valence electrons. The molecule has 1 aliphatic heterocycles. The number of benzene rings is 3. The predicted octanol–water partition coefficient (Wildman–Crippen LogP) is 10.3. The average Bonchev–Trinajstić information content (AvgIpc) is 3.65. The van der Waals surface area contributed by atoms with Crippen molar-refractivity contribution in [2.24, 2.45) is 4.99 Å². The van der Waals surface area contributed by atoms with Crippen molar-refractivity contribution >= 4 is 17.3 Å². The van der Waals surface area contributed by atoms with Crippen molar-refractivity contribution < 1.29 is 0 Å². The standard InChI is InChI=1S/C45H54ClN5/c1-6-12-32(3)50-42(7-2)30-49-29-41-25-45(46)39(24-38(41)18-17-35-23-36(26-47)28-48-27-35)20-19-37-13-10-15-43(33(37)4)44-16-11-14-40(34(44)5)31-51-21-8-9-22-51/h10-11,13-16,23-25,27-28,49H,3,6-9,12,17-22,29-31H2,1-2,4-5H3. The number of nitrogens with zero attached hydrogens (tertiary/aromatic N) is 4. The van der Waals surface area contributed by atoms with E-state index in [1.165, 1.54) is 76.0 Å². The Balaban J connectivity index is 1.35. The second-order valence-corrected chi connectivity index (χ2v) is 14.4. The maximum atomic E-state index is 9.41. The molecule has 3 aromatic carbocycles. The minimum Gasteiger partial charge on any atom is -0.307 e. The van der Waals surface area contributed by atoms with Crippen molar-refractivity contribution in [3.63, 3.8) is 0 Å². The molecule has 0 amide bonds. The number of halogens is 1. The van der Waals surface area contributed by atoms with Crippen molar-refractivity contribution in [1.82, 2.24) is 15.2 Å². The molecule has 1 saturated heterocycles. The molecule has 5 nitrogen and oxygen atoms in total. The Hall–Kier alpha value is -4.08. The van der Waals surface area contributed by atoms with Gasteiger partial charge in [-0.25, -0.2) is 0 Å². The first-order valence-corrected chi connectivity index (χ1v) is 19.2. The highest BCUT2D eigenvalue weighted by molar-refractivity contribution is 6.31. The topological polar surface area (TPSA) is 64.3 Å². The molecule has 1 N–H and O–H groups in total. The molecule has 0 saturated carbocycles. The lowest BCUT2D eigenvalue weighted by Gasteiger charge is -2.20. The first kappa shape index (κ1) is 38.2. The van der Waals surface area contributed by atoms with Crippen LogP contribution in [0.4, 0.5) is 0 Å². The Morgan fingerprint density at radius 3 is 2.27 bits per heavy atom. The van der Waals surface area contributed by atoms with E-state index in [4.69, 9.17) is 16.6 Å². The summed E-state index contributed by atoms with van der Waals surface area (Å²) in [6, 6.07) is 22.2. The van der Waals surface area contributed by atoms with Crippen molar-refractivity contribution in [3.05, 3.63) is 134 Å². The van der Waals surface area contributed by atoms with Crippen LogP contribution in [0.5, 0.6) is 0 Å². The zero-order valence-corrected chi connectivity index (χ0v) is 31.9. The van der Waals surface area contributed by atoms with Gasteiger partial charge in [-0.05, 0) is 146 Å². The van der Waals surface area contributed by atoms with Gasteiger partial charge in [-0.15, -0.1) is 0 Å². The van der Waals surface area contributed by atoms with E-state index in [1.54, 1.807) is 6.20 Å². The molecule has 1 fully saturated rings. The summed E-state index contributed by atoms with van der Waals surface area (Å²) in [4.78, 5) is 11.6. The van der Waals surface area contributed by atoms with Crippen molar-refractivity contribution in [2.75, 3.05) is 19.6 Å². The highest BCUT2D eigenvalue weighted by atomic mass is 35.5. The lowest BCUT2D eigenvalue weighted by atomic mass is 9.89. The molecule has 0 spiro atoms. The van der Waals surface area contributed by atoms with E-state index in [-0.39, 0.29) is 0 Å². The van der Waals surface area contributed by atoms with E-state index in [1.807, 2.05) is 12.3 Å². The van der Waals surface area contributed by atoms with Crippen LogP contribution < -0.4 is 5.32 Å². The van der Waals surface area contributed by atoms with Gasteiger partial charge in [0.15, 0.2) is 0 Å². The van der Waals surface area contributed by atoms with Crippen molar-refractivity contribution in [3.8, 4) is 17.2 Å². The Kier molecular flexibility index (Phi) is 14.2. The number of nitrogens with one attached hydrogen (secondary N) is 1. The van der Waals surface area contributed by atoms with Crippen LogP contribution in [0.25, 0.3) is 11.1 Å². The van der Waals surface area contributed by atoms with Crippen LogP contribution in [0.15, 0.2) is 84.3 Å². The minimum absolute atomic E-state index is 0.591. The van der Waals surface area contributed by atoms with Gasteiger partial charge in [-0.1, -0.05) is 80.9 Å². The summed E-state index contributed by atoms with van der Waals surface area (Å²) in [5, 5.41) is 13.8. The lowest BCUT2D eigenvalue weighted by Crippen LogP contribution is -2.23. The van der Waals surface area contributed by atoms with Gasteiger partial charge in [0.25, 0.3) is 0 Å². The molecule has 1 aromatic heterocycles. The molecule has 2 heterocycles. The molecule has 0 radical (unpaired) electrons. The molecule has 6 heteroatoms. The fraction of sp³-hybridized carbons (Fsp3) is 0.400. The third-order valence-electron chi connectivity index (χ3n) is 10.3. The fourth-order valence-corrected chi connectivity index (χ4v) is 7.54. The lowest BCUT2D eigenvalue weighted by molar-refractivity contribution is 0.331. The van der Waals surface area contributed by atoms with Gasteiger partial charge in [-0.2, -0.15) is 5.26 Å². The van der Waals surface area contributed by atoms with E-state index < -0.39 is 0 Å². The van der Waals surface area contributed by atoms with Crippen LogP contribution >= 0.6 is 11.6 Å². The maximum Gasteiger partial charge on any atom is 0.101 e. The minimum atomic E-state index is 0.591. The zero-order chi connectivity index (χ0) is 36.2. The van der Waals surface area contributed by atoms with Crippen LogP contribution in [0.1, 0.15) is 96.0 Å². The molecule has 5 rings (SSSR count). The van der Waals surface area contributed by atoms with Crippen LogP contribution in [-0.4, -0.2) is 35.2 Å². The van der Waals surface area contributed by atoms with E-state index in [0.29, 0.717) is 18.7 Å². The third kappa shape index (κ3) is 10.5. The highest BCUT2D eigenvalue weighted by Crippen LogP contribution is 2.32. The zero-order valence-electron chi connectivity index (χ0n) is 31.1. The summed E-state index contributed by atoms with van der Waals surface area (Å²) in [5.41, 5.74) is 15.5. The van der Waals surface area contributed by atoms with Gasteiger partial charge in [0.05, 0.1) is 5.56 Å². The van der Waals surface area contributed by atoms with E-state index in [0.717, 1.165) is 73.5 Å². The quantitative estimate of drug-likeness (QED) is 0.111. The van der Waals surface area contributed by atoms with Gasteiger partial charge in [-0.3, -0.25) is 14.9 Å². The SMILES string of the molecule is C=C(CCC)N=C(CC)CNCc1cc(Cl)c(CCc2cccc(-c3cccc(CN4CCCC4)c3C)c2C)cc1CCc1cncc(C#N)c1. The highest BCUT2D eigenvalue weighted by Gasteiger charge is 2.17. The van der Waals surface area contributed by atoms with Crippen LogP contribution in [-0.2, 0) is 38.8 Å². The summed E-state index contributed by atoms with van der Waals surface area (Å²) >= 11 is 7.06. The summed E-state index contributed by atoms with van der Waals surface area (Å²) in [6.07, 6.45) is 12.3. The molecule has 1 aliphatic rings. The third-order valence-corrected chi connectivity index (χ3v) is 10.7. The number of aryl methyl sites for hydroxylation is 4. The number of allylic oxidation sites excluding steroid dienone is 1. The molecule has 51 heavy (non-hydrogen) atoms. The number of pyridine rings is 1. The summed E-state index contributed by atoms with van der Waals surface area (Å²) < 4.78 is 0. The van der Waals surface area contributed by atoms with Gasteiger partial charge in [0, 0.05) is 48.5 Å². The molecule has 0 aliphatic carbocycles. The Bertz CT molecular complexity index is 1880. The van der Waals surface area contributed by atoms with Crippen molar-refractivity contribution in [1.29, 1.82) is 5.26 Å².